The summed E-state index contributed by atoms with van der Waals surface area (Å²) in [7, 11) is 1.29. The minimum Gasteiger partial charge on any atom is -0.465 e. The summed E-state index contributed by atoms with van der Waals surface area (Å²) in [6.07, 6.45) is -0.506. The Kier molecular flexibility index (Phi) is 8.30. The lowest BCUT2D eigenvalue weighted by atomic mass is 10.1. The third-order valence-corrected chi connectivity index (χ3v) is 4.99. The van der Waals surface area contributed by atoms with Gasteiger partial charge in [0.05, 0.1) is 5.69 Å². The standard InChI is InChI=1S/C20H24ClFN6O4/c1-4-14-16(21)27-18(15(26-14)17(23)29)25-13-8-11(7-12(22)9-13)5-6-24-19(30)10(2)28(3)20(31)32/h7-10H,4-6H2,1-3H3,(H2,23,29)(H,24,30)(H,25,27)(H,31,32)/t10-/m0/s1. The third-order valence-electron chi connectivity index (χ3n) is 4.68. The molecule has 0 saturated heterocycles. The molecule has 172 valence electrons. The molecule has 0 unspecified atom stereocenters. The maximum Gasteiger partial charge on any atom is 0.407 e. The lowest BCUT2D eigenvalue weighted by molar-refractivity contribution is -0.124. The maximum absolute atomic E-state index is 14.1. The molecule has 2 aromatic rings. The first kappa shape index (κ1) is 24.8. The molecule has 0 aliphatic heterocycles. The Morgan fingerprint density at radius 2 is 1.97 bits per heavy atom. The summed E-state index contributed by atoms with van der Waals surface area (Å²) in [6.45, 7) is 3.41. The van der Waals surface area contributed by atoms with Crippen LogP contribution in [0.1, 0.15) is 35.6 Å². The highest BCUT2D eigenvalue weighted by atomic mass is 35.5. The normalized spacial score (nSPS) is 11.5. The number of hydrogen-bond donors (Lipinski definition) is 4. The van der Waals surface area contributed by atoms with Crippen molar-refractivity contribution in [1.29, 1.82) is 0 Å². The molecule has 3 amide bonds. The number of nitrogens with zero attached hydrogens (tertiary/aromatic N) is 3. The minimum atomic E-state index is -1.22. The van der Waals surface area contributed by atoms with E-state index in [4.69, 9.17) is 22.4 Å². The summed E-state index contributed by atoms with van der Waals surface area (Å²) in [5.74, 6) is -1.85. The van der Waals surface area contributed by atoms with Crippen molar-refractivity contribution in [3.63, 3.8) is 0 Å². The van der Waals surface area contributed by atoms with Crippen LogP contribution >= 0.6 is 11.6 Å². The van der Waals surface area contributed by atoms with Crippen LogP contribution in [0.4, 0.5) is 20.7 Å². The fourth-order valence-corrected chi connectivity index (χ4v) is 3.02. The van der Waals surface area contributed by atoms with Gasteiger partial charge < -0.3 is 21.5 Å². The highest BCUT2D eigenvalue weighted by Gasteiger charge is 2.21. The number of aromatic nitrogens is 2. The number of anilines is 2. The number of likely N-dealkylation sites (N-methyl/N-ethyl adjacent to an activating group) is 1. The summed E-state index contributed by atoms with van der Waals surface area (Å²) in [4.78, 5) is 43.9. The van der Waals surface area contributed by atoms with E-state index in [1.165, 1.54) is 26.1 Å². The van der Waals surface area contributed by atoms with Crippen LogP contribution in [0, 0.1) is 5.82 Å². The second-order valence-corrected chi connectivity index (χ2v) is 7.32. The molecule has 0 fully saturated rings. The van der Waals surface area contributed by atoms with Gasteiger partial charge in [-0.2, -0.15) is 0 Å². The van der Waals surface area contributed by atoms with E-state index in [9.17, 15) is 18.8 Å². The fraction of sp³-hybridized carbons (Fsp3) is 0.350. The topological polar surface area (TPSA) is 151 Å². The van der Waals surface area contributed by atoms with E-state index in [0.29, 0.717) is 17.7 Å². The Bertz CT molecular complexity index is 1040. The fourth-order valence-electron chi connectivity index (χ4n) is 2.76. The molecule has 0 aliphatic carbocycles. The summed E-state index contributed by atoms with van der Waals surface area (Å²) >= 11 is 6.08. The molecule has 1 aromatic heterocycles. The van der Waals surface area contributed by atoms with E-state index in [2.05, 4.69) is 20.6 Å². The SMILES string of the molecule is CCc1nc(C(N)=O)c(Nc2cc(F)cc(CCNC(=O)[C@H](C)N(C)C(=O)O)c2)nc1Cl. The molecule has 0 radical (unpaired) electrons. The van der Waals surface area contributed by atoms with Crippen LogP contribution < -0.4 is 16.4 Å². The molecule has 0 aliphatic rings. The van der Waals surface area contributed by atoms with Crippen LogP contribution in [0.25, 0.3) is 0 Å². The molecular weight excluding hydrogens is 443 g/mol. The number of amides is 3. The summed E-state index contributed by atoms with van der Waals surface area (Å²) in [5, 5.41) is 14.5. The van der Waals surface area contributed by atoms with E-state index in [-0.39, 0.29) is 35.3 Å². The van der Waals surface area contributed by atoms with E-state index in [0.717, 1.165) is 4.90 Å². The van der Waals surface area contributed by atoms with Gasteiger partial charge >= 0.3 is 6.09 Å². The quantitative estimate of drug-likeness (QED) is 0.442. The summed E-state index contributed by atoms with van der Waals surface area (Å²) in [6, 6.07) is 3.22. The van der Waals surface area contributed by atoms with Crippen molar-refractivity contribution in [2.75, 3.05) is 18.9 Å². The number of benzene rings is 1. The van der Waals surface area contributed by atoms with E-state index < -0.39 is 29.8 Å². The van der Waals surface area contributed by atoms with Crippen LogP contribution in [0.15, 0.2) is 18.2 Å². The number of primary amides is 1. The first-order chi connectivity index (χ1) is 15.0. The molecule has 12 heteroatoms. The van der Waals surface area contributed by atoms with Crippen molar-refractivity contribution in [2.24, 2.45) is 5.73 Å². The zero-order valence-electron chi connectivity index (χ0n) is 17.8. The van der Waals surface area contributed by atoms with Gasteiger partial charge in [-0.05, 0) is 43.5 Å². The molecule has 0 spiro atoms. The molecule has 1 aromatic carbocycles. The number of carbonyl (C=O) groups excluding carboxylic acids is 2. The van der Waals surface area contributed by atoms with Crippen LogP contribution in [-0.4, -0.2) is 57.5 Å². The predicted octanol–water partition coefficient (Wildman–Crippen LogP) is 2.33. The molecule has 2 rings (SSSR count). The highest BCUT2D eigenvalue weighted by Crippen LogP contribution is 2.24. The lowest BCUT2D eigenvalue weighted by Crippen LogP contribution is -2.45. The average molecular weight is 467 g/mol. The minimum absolute atomic E-state index is 0.00455. The molecular formula is C20H24ClFN6O4. The zero-order valence-corrected chi connectivity index (χ0v) is 18.5. The second kappa shape index (κ2) is 10.7. The van der Waals surface area contributed by atoms with Crippen LogP contribution in [0.5, 0.6) is 0 Å². The molecule has 0 saturated carbocycles. The molecule has 10 nitrogen and oxygen atoms in total. The highest BCUT2D eigenvalue weighted by molar-refractivity contribution is 6.30. The Hall–Kier alpha value is -3.47. The Morgan fingerprint density at radius 1 is 1.28 bits per heavy atom. The van der Waals surface area contributed by atoms with Crippen molar-refractivity contribution in [1.82, 2.24) is 20.2 Å². The number of nitrogens with two attached hydrogens (primary N) is 1. The zero-order chi connectivity index (χ0) is 24.0. The van der Waals surface area contributed by atoms with E-state index >= 15 is 0 Å². The van der Waals surface area contributed by atoms with Gasteiger partial charge in [0.1, 0.15) is 11.9 Å². The van der Waals surface area contributed by atoms with Crippen molar-refractivity contribution in [2.45, 2.75) is 32.7 Å². The predicted molar refractivity (Wildman–Crippen MR) is 117 cm³/mol. The van der Waals surface area contributed by atoms with Crippen molar-refractivity contribution < 1.29 is 23.9 Å². The molecule has 1 heterocycles. The van der Waals surface area contributed by atoms with Crippen molar-refractivity contribution in [3.8, 4) is 0 Å². The Labute approximate surface area is 189 Å². The number of halogens is 2. The van der Waals surface area contributed by atoms with Gasteiger partial charge in [0, 0.05) is 19.3 Å². The maximum atomic E-state index is 14.1. The second-order valence-electron chi connectivity index (χ2n) is 6.96. The largest absolute Gasteiger partial charge is 0.465 e. The molecule has 32 heavy (non-hydrogen) atoms. The smallest absolute Gasteiger partial charge is 0.407 e. The van der Waals surface area contributed by atoms with Crippen molar-refractivity contribution >= 4 is 41.0 Å². The summed E-state index contributed by atoms with van der Waals surface area (Å²) in [5.41, 5.74) is 6.48. The number of hydrogen-bond acceptors (Lipinski definition) is 6. The lowest BCUT2D eigenvalue weighted by Gasteiger charge is -2.20. The van der Waals surface area contributed by atoms with Crippen LogP contribution in [-0.2, 0) is 17.6 Å². The van der Waals surface area contributed by atoms with Crippen LogP contribution in [0.3, 0.4) is 0 Å². The Balaban J connectivity index is 2.14. The van der Waals surface area contributed by atoms with Gasteiger partial charge in [0.25, 0.3) is 5.91 Å². The molecule has 0 bridgehead atoms. The number of aryl methyl sites for hydroxylation is 1. The molecule has 1 atom stereocenters. The monoisotopic (exact) mass is 466 g/mol. The van der Waals surface area contributed by atoms with E-state index in [1.54, 1.807) is 13.0 Å². The first-order valence-corrected chi connectivity index (χ1v) is 10.1. The van der Waals surface area contributed by atoms with Gasteiger partial charge in [0.15, 0.2) is 16.7 Å². The number of carboxylic acid groups (broad SMARTS) is 1. The van der Waals surface area contributed by atoms with Gasteiger partial charge in [-0.25, -0.2) is 19.2 Å². The average Bonchev–Trinajstić information content (AvgIpc) is 2.72. The van der Waals surface area contributed by atoms with Crippen molar-refractivity contribution in [3.05, 3.63) is 46.1 Å². The third kappa shape index (κ3) is 6.27. The number of nitrogens with one attached hydrogen (secondary N) is 2. The van der Waals surface area contributed by atoms with Crippen LogP contribution in [0.2, 0.25) is 5.15 Å². The van der Waals surface area contributed by atoms with Gasteiger partial charge in [-0.1, -0.05) is 18.5 Å². The van der Waals surface area contributed by atoms with E-state index in [1.807, 2.05) is 0 Å². The van der Waals surface area contributed by atoms with Gasteiger partial charge in [-0.15, -0.1) is 0 Å². The summed E-state index contributed by atoms with van der Waals surface area (Å²) < 4.78 is 14.1. The number of rotatable bonds is 9. The van der Waals surface area contributed by atoms with Gasteiger partial charge in [0.2, 0.25) is 5.91 Å². The number of carbonyl (C=O) groups is 3. The Morgan fingerprint density at radius 3 is 2.56 bits per heavy atom. The molecule has 5 N–H and O–H groups in total. The van der Waals surface area contributed by atoms with Gasteiger partial charge in [-0.3, -0.25) is 14.5 Å². The first-order valence-electron chi connectivity index (χ1n) is 9.69.